The third kappa shape index (κ3) is 6.40. The fourth-order valence-electron chi connectivity index (χ4n) is 5.24. The molecule has 2 unspecified atom stereocenters. The molecule has 4 aromatic rings. The van der Waals surface area contributed by atoms with Crippen molar-refractivity contribution in [3.63, 3.8) is 0 Å². The Labute approximate surface area is 234 Å². The van der Waals surface area contributed by atoms with Crippen molar-refractivity contribution < 1.29 is 9.59 Å². The van der Waals surface area contributed by atoms with E-state index in [1.807, 2.05) is 65.6 Å². The van der Waals surface area contributed by atoms with E-state index in [0.29, 0.717) is 44.0 Å². The molecule has 206 valence electrons. The van der Waals surface area contributed by atoms with Crippen molar-refractivity contribution in [1.82, 2.24) is 16.0 Å². The molecule has 1 aliphatic rings. The highest BCUT2D eigenvalue weighted by Gasteiger charge is 2.31. The van der Waals surface area contributed by atoms with E-state index in [9.17, 15) is 9.59 Å². The maximum atomic E-state index is 13.8. The van der Waals surface area contributed by atoms with Crippen LogP contribution in [0.5, 0.6) is 0 Å². The fourth-order valence-corrected chi connectivity index (χ4v) is 5.24. The second-order valence-electron chi connectivity index (χ2n) is 10.2. The monoisotopic (exact) mass is 536 g/mol. The van der Waals surface area contributed by atoms with Gasteiger partial charge in [0.25, 0.3) is 5.91 Å². The zero-order valence-electron chi connectivity index (χ0n) is 22.8. The van der Waals surface area contributed by atoms with Crippen molar-refractivity contribution in [2.75, 3.05) is 31.6 Å². The number of hydrogen-bond donors (Lipinski definition) is 4. The van der Waals surface area contributed by atoms with Crippen LogP contribution in [0.4, 0.5) is 5.69 Å². The van der Waals surface area contributed by atoms with Gasteiger partial charge in [-0.2, -0.15) is 0 Å². The van der Waals surface area contributed by atoms with E-state index in [1.165, 1.54) is 0 Å². The molecule has 0 bridgehead atoms. The Bertz CT molecular complexity index is 1530. The van der Waals surface area contributed by atoms with Crippen molar-refractivity contribution in [2.24, 2.45) is 10.7 Å². The molecule has 0 radical (unpaired) electrons. The second-order valence-corrected chi connectivity index (χ2v) is 10.2. The summed E-state index contributed by atoms with van der Waals surface area (Å²) in [6.45, 7) is 1.60. The summed E-state index contributed by atoms with van der Waals surface area (Å²) in [5, 5.41) is 14.1. The molecule has 5 N–H and O–H groups in total. The molecule has 40 heavy (non-hydrogen) atoms. The summed E-state index contributed by atoms with van der Waals surface area (Å²) >= 11 is 0. The number of benzene rings is 4. The number of fused-ring (bicyclic) bond motifs is 2. The van der Waals surface area contributed by atoms with E-state index in [4.69, 9.17) is 5.73 Å². The van der Waals surface area contributed by atoms with E-state index in [1.54, 1.807) is 7.05 Å². The molecule has 8 heteroatoms. The maximum absolute atomic E-state index is 13.8. The van der Waals surface area contributed by atoms with Crippen LogP contribution in [0.25, 0.3) is 21.5 Å². The Morgan fingerprint density at radius 2 is 1.62 bits per heavy atom. The zero-order valence-corrected chi connectivity index (χ0v) is 22.8. The second kappa shape index (κ2) is 12.6. The predicted molar refractivity (Wildman–Crippen MR) is 163 cm³/mol. The van der Waals surface area contributed by atoms with Gasteiger partial charge >= 0.3 is 0 Å². The zero-order chi connectivity index (χ0) is 27.9. The van der Waals surface area contributed by atoms with Gasteiger partial charge in [0.15, 0.2) is 5.96 Å². The number of guanidine groups is 1. The SMILES string of the molecule is CN=C(N)NCCCC1NC(CNC(=O)c2ccc3ccccc3c2)CCN(c2ccc3ccccc3c2)C1=O. The Hall–Kier alpha value is -4.43. The summed E-state index contributed by atoms with van der Waals surface area (Å²) in [6, 6.07) is 27.6. The number of anilines is 1. The molecule has 2 amide bonds. The molecule has 1 aliphatic heterocycles. The van der Waals surface area contributed by atoms with E-state index < -0.39 is 6.04 Å². The number of carbonyl (C=O) groups excluding carboxylic acids is 2. The third-order valence-electron chi connectivity index (χ3n) is 7.48. The number of nitrogens with one attached hydrogen (secondary N) is 3. The van der Waals surface area contributed by atoms with Crippen LogP contribution in [-0.2, 0) is 4.79 Å². The van der Waals surface area contributed by atoms with Crippen molar-refractivity contribution in [2.45, 2.75) is 31.3 Å². The topological polar surface area (TPSA) is 112 Å². The number of aliphatic imine (C=N–C) groups is 1. The van der Waals surface area contributed by atoms with Gasteiger partial charge in [0.05, 0.1) is 6.04 Å². The van der Waals surface area contributed by atoms with E-state index in [2.05, 4.69) is 45.2 Å². The van der Waals surface area contributed by atoms with Crippen LogP contribution in [0.3, 0.4) is 0 Å². The Balaban J connectivity index is 1.30. The van der Waals surface area contributed by atoms with Crippen LogP contribution >= 0.6 is 0 Å². The largest absolute Gasteiger partial charge is 0.370 e. The van der Waals surface area contributed by atoms with Crippen molar-refractivity contribution in [3.05, 3.63) is 90.5 Å². The average Bonchev–Trinajstić information content (AvgIpc) is 3.15. The van der Waals surface area contributed by atoms with E-state index in [0.717, 1.165) is 33.7 Å². The van der Waals surface area contributed by atoms with Gasteiger partial charge in [-0.05, 0) is 65.1 Å². The molecule has 4 aromatic carbocycles. The van der Waals surface area contributed by atoms with Gasteiger partial charge in [0, 0.05) is 44.0 Å². The molecular formula is C32H36N6O2. The predicted octanol–water partition coefficient (Wildman–Crippen LogP) is 3.80. The van der Waals surface area contributed by atoms with Crippen LogP contribution < -0.4 is 26.6 Å². The van der Waals surface area contributed by atoms with Crippen molar-refractivity contribution in [1.29, 1.82) is 0 Å². The Kier molecular flexibility index (Phi) is 8.56. The van der Waals surface area contributed by atoms with Crippen LogP contribution in [0.15, 0.2) is 89.9 Å². The van der Waals surface area contributed by atoms with Gasteiger partial charge in [-0.1, -0.05) is 60.7 Å². The molecule has 1 saturated heterocycles. The van der Waals surface area contributed by atoms with Gasteiger partial charge in [-0.25, -0.2) is 0 Å². The van der Waals surface area contributed by atoms with Crippen molar-refractivity contribution >= 4 is 45.0 Å². The average molecular weight is 537 g/mol. The fraction of sp³-hybridized carbons (Fsp3) is 0.281. The van der Waals surface area contributed by atoms with Gasteiger partial charge in [0.2, 0.25) is 5.91 Å². The first-order valence-electron chi connectivity index (χ1n) is 13.8. The maximum Gasteiger partial charge on any atom is 0.251 e. The summed E-state index contributed by atoms with van der Waals surface area (Å²) in [6.07, 6.45) is 2.07. The molecule has 0 aliphatic carbocycles. The molecular weight excluding hydrogens is 500 g/mol. The molecule has 1 fully saturated rings. The minimum atomic E-state index is -0.391. The van der Waals surface area contributed by atoms with Crippen LogP contribution in [0.2, 0.25) is 0 Å². The Morgan fingerprint density at radius 3 is 2.35 bits per heavy atom. The van der Waals surface area contributed by atoms with Gasteiger partial charge in [-0.3, -0.25) is 14.6 Å². The summed E-state index contributed by atoms with van der Waals surface area (Å²) < 4.78 is 0. The molecule has 0 aromatic heterocycles. The van der Waals surface area contributed by atoms with Crippen molar-refractivity contribution in [3.8, 4) is 0 Å². The highest BCUT2D eigenvalue weighted by atomic mass is 16.2. The number of rotatable bonds is 8. The lowest BCUT2D eigenvalue weighted by Crippen LogP contribution is -2.49. The summed E-state index contributed by atoms with van der Waals surface area (Å²) in [7, 11) is 1.64. The molecule has 5 rings (SSSR count). The van der Waals surface area contributed by atoms with Gasteiger partial charge in [-0.15, -0.1) is 0 Å². The lowest BCUT2D eigenvalue weighted by Gasteiger charge is -2.25. The molecule has 8 nitrogen and oxygen atoms in total. The summed E-state index contributed by atoms with van der Waals surface area (Å²) in [5.41, 5.74) is 7.27. The van der Waals surface area contributed by atoms with Crippen LogP contribution in [-0.4, -0.2) is 56.5 Å². The standard InChI is InChI=1S/C32H36N6O2/c1-34-32(33)35-17-6-11-29-31(40)38(28-15-14-23-8-3-5-10-25(23)20-28)18-16-27(37-29)21-36-30(39)26-13-12-22-7-2-4-9-24(22)19-26/h2-5,7-10,12-15,19-20,27,29,37H,6,11,16-18,21H2,1H3,(H,36,39)(H3,33,34,35). The van der Waals surface area contributed by atoms with E-state index >= 15 is 0 Å². The highest BCUT2D eigenvalue weighted by molar-refractivity contribution is 6.00. The first kappa shape index (κ1) is 27.1. The summed E-state index contributed by atoms with van der Waals surface area (Å²) in [5.74, 6) is 0.299. The number of nitrogens with zero attached hydrogens (tertiary/aromatic N) is 2. The summed E-state index contributed by atoms with van der Waals surface area (Å²) in [4.78, 5) is 32.6. The number of nitrogens with two attached hydrogens (primary N) is 1. The quantitative estimate of drug-likeness (QED) is 0.156. The minimum Gasteiger partial charge on any atom is -0.370 e. The number of hydrogen-bond acceptors (Lipinski definition) is 4. The molecule has 2 atom stereocenters. The lowest BCUT2D eigenvalue weighted by atomic mass is 10.1. The number of amides is 2. The number of carbonyl (C=O) groups is 2. The smallest absolute Gasteiger partial charge is 0.251 e. The first-order valence-corrected chi connectivity index (χ1v) is 13.8. The van der Waals surface area contributed by atoms with Crippen LogP contribution in [0.1, 0.15) is 29.6 Å². The van der Waals surface area contributed by atoms with Crippen LogP contribution in [0, 0.1) is 0 Å². The molecule has 0 saturated carbocycles. The first-order chi connectivity index (χ1) is 19.5. The highest BCUT2D eigenvalue weighted by Crippen LogP contribution is 2.25. The Morgan fingerprint density at radius 1 is 0.950 bits per heavy atom. The van der Waals surface area contributed by atoms with Gasteiger partial charge in [0.1, 0.15) is 0 Å². The normalized spacial score (nSPS) is 18.1. The van der Waals surface area contributed by atoms with Gasteiger partial charge < -0.3 is 26.6 Å². The molecule has 1 heterocycles. The third-order valence-corrected chi connectivity index (χ3v) is 7.48. The minimum absolute atomic E-state index is 0.0377. The van der Waals surface area contributed by atoms with E-state index in [-0.39, 0.29) is 17.9 Å². The molecule has 0 spiro atoms. The lowest BCUT2D eigenvalue weighted by molar-refractivity contribution is -0.120.